The van der Waals surface area contributed by atoms with E-state index in [1.54, 1.807) is 0 Å². The average Bonchev–Trinajstić information content (AvgIpc) is 2.62. The summed E-state index contributed by atoms with van der Waals surface area (Å²) in [5.74, 6) is 0.161. The van der Waals surface area contributed by atoms with E-state index in [0.29, 0.717) is 0 Å². The second-order valence-electron chi connectivity index (χ2n) is 8.58. The summed E-state index contributed by atoms with van der Waals surface area (Å²) in [5, 5.41) is 3.21. The fourth-order valence-corrected chi connectivity index (χ4v) is 5.14. The molecule has 1 atom stereocenters. The van der Waals surface area contributed by atoms with Crippen molar-refractivity contribution in [2.75, 3.05) is 6.54 Å². The fraction of sp³-hybridized carbons (Fsp3) is 0.810. The normalized spacial score (nSPS) is 26.4. The molecule has 4 nitrogen and oxygen atoms in total. The highest BCUT2D eigenvalue weighted by atomic mass is 16.2. The smallest absolute Gasteiger partial charge is 0.247 e. The van der Waals surface area contributed by atoms with Crippen molar-refractivity contribution in [1.29, 1.82) is 0 Å². The van der Waals surface area contributed by atoms with Gasteiger partial charge in [0.25, 0.3) is 0 Å². The average molecular weight is 347 g/mol. The fourth-order valence-electron chi connectivity index (χ4n) is 5.14. The Morgan fingerprint density at radius 1 is 1.08 bits per heavy atom. The SMILES string of the molecule is CC(C)C(=O)N1CCCC2(CCCCC2)[C@@H]1C(=O)NC1=CCCCC1. The molecule has 4 heteroatoms. The molecule has 3 aliphatic rings. The maximum Gasteiger partial charge on any atom is 0.247 e. The Balaban J connectivity index is 1.86. The van der Waals surface area contributed by atoms with Gasteiger partial charge in [-0.05, 0) is 56.8 Å². The van der Waals surface area contributed by atoms with E-state index in [1.165, 1.54) is 25.7 Å². The van der Waals surface area contributed by atoms with Gasteiger partial charge in [-0.1, -0.05) is 39.2 Å². The zero-order valence-corrected chi connectivity index (χ0v) is 16.0. The van der Waals surface area contributed by atoms with E-state index >= 15 is 0 Å². The molecule has 1 saturated heterocycles. The molecule has 0 aromatic carbocycles. The van der Waals surface area contributed by atoms with Crippen molar-refractivity contribution in [3.63, 3.8) is 0 Å². The highest BCUT2D eigenvalue weighted by molar-refractivity contribution is 5.90. The lowest BCUT2D eigenvalue weighted by molar-refractivity contribution is -0.153. The quantitative estimate of drug-likeness (QED) is 0.834. The van der Waals surface area contributed by atoms with Crippen LogP contribution in [0.5, 0.6) is 0 Å². The van der Waals surface area contributed by atoms with Gasteiger partial charge in [0.2, 0.25) is 11.8 Å². The number of likely N-dealkylation sites (tertiary alicyclic amines) is 1. The highest BCUT2D eigenvalue weighted by Crippen LogP contribution is 2.48. The van der Waals surface area contributed by atoms with E-state index < -0.39 is 0 Å². The number of rotatable bonds is 3. The van der Waals surface area contributed by atoms with Crippen LogP contribution in [-0.4, -0.2) is 29.3 Å². The van der Waals surface area contributed by atoms with Gasteiger partial charge in [-0.3, -0.25) is 9.59 Å². The molecule has 1 N–H and O–H groups in total. The molecular formula is C21H34N2O2. The zero-order valence-electron chi connectivity index (χ0n) is 16.0. The van der Waals surface area contributed by atoms with Crippen molar-refractivity contribution < 1.29 is 9.59 Å². The molecule has 1 heterocycles. The van der Waals surface area contributed by atoms with Crippen molar-refractivity contribution in [3.8, 4) is 0 Å². The first-order valence-electron chi connectivity index (χ1n) is 10.3. The molecule has 1 spiro atoms. The van der Waals surface area contributed by atoms with Crippen LogP contribution in [0.4, 0.5) is 0 Å². The van der Waals surface area contributed by atoms with Gasteiger partial charge >= 0.3 is 0 Å². The molecule has 0 aromatic rings. The molecule has 3 rings (SSSR count). The summed E-state index contributed by atoms with van der Waals surface area (Å²) >= 11 is 0. The highest BCUT2D eigenvalue weighted by Gasteiger charge is 2.50. The Morgan fingerprint density at radius 3 is 2.44 bits per heavy atom. The largest absolute Gasteiger partial charge is 0.330 e. The second-order valence-corrected chi connectivity index (χ2v) is 8.58. The van der Waals surface area contributed by atoms with Crippen LogP contribution in [0, 0.1) is 11.3 Å². The first-order chi connectivity index (χ1) is 12.0. The number of hydrogen-bond donors (Lipinski definition) is 1. The van der Waals surface area contributed by atoms with Crippen LogP contribution in [0.25, 0.3) is 0 Å². The summed E-state index contributed by atoms with van der Waals surface area (Å²) in [6.45, 7) is 4.63. The van der Waals surface area contributed by atoms with Gasteiger partial charge in [-0.25, -0.2) is 0 Å². The van der Waals surface area contributed by atoms with Gasteiger partial charge < -0.3 is 10.2 Å². The number of piperidine rings is 1. The maximum absolute atomic E-state index is 13.3. The number of allylic oxidation sites excluding steroid dienone is 2. The molecule has 0 unspecified atom stereocenters. The summed E-state index contributed by atoms with van der Waals surface area (Å²) in [6.07, 6.45) is 14.5. The van der Waals surface area contributed by atoms with E-state index in [2.05, 4.69) is 11.4 Å². The lowest BCUT2D eigenvalue weighted by atomic mass is 9.63. The minimum atomic E-state index is -0.278. The third kappa shape index (κ3) is 3.93. The Morgan fingerprint density at radius 2 is 1.80 bits per heavy atom. The van der Waals surface area contributed by atoms with Crippen LogP contribution >= 0.6 is 0 Å². The van der Waals surface area contributed by atoms with Gasteiger partial charge in [-0.15, -0.1) is 0 Å². The molecule has 0 radical (unpaired) electrons. The van der Waals surface area contributed by atoms with Crippen molar-refractivity contribution in [3.05, 3.63) is 11.8 Å². The van der Waals surface area contributed by atoms with E-state index in [4.69, 9.17) is 0 Å². The molecule has 1 saturated carbocycles. The molecule has 0 bridgehead atoms. The van der Waals surface area contributed by atoms with Gasteiger partial charge in [0.05, 0.1) is 0 Å². The molecule has 2 amide bonds. The lowest BCUT2D eigenvalue weighted by Crippen LogP contribution is -2.62. The van der Waals surface area contributed by atoms with Crippen molar-refractivity contribution in [2.45, 2.75) is 90.5 Å². The van der Waals surface area contributed by atoms with E-state index in [9.17, 15) is 9.59 Å². The first-order valence-corrected chi connectivity index (χ1v) is 10.3. The number of hydrogen-bond acceptors (Lipinski definition) is 2. The van der Waals surface area contributed by atoms with E-state index in [0.717, 1.165) is 57.2 Å². The van der Waals surface area contributed by atoms with Gasteiger partial charge in [0.1, 0.15) is 6.04 Å². The predicted molar refractivity (Wildman–Crippen MR) is 99.8 cm³/mol. The van der Waals surface area contributed by atoms with Gasteiger partial charge in [-0.2, -0.15) is 0 Å². The Labute approximate surface area is 152 Å². The van der Waals surface area contributed by atoms with Crippen LogP contribution in [-0.2, 0) is 9.59 Å². The topological polar surface area (TPSA) is 49.4 Å². The van der Waals surface area contributed by atoms with Crippen LogP contribution in [0.2, 0.25) is 0 Å². The van der Waals surface area contributed by atoms with Crippen LogP contribution in [0.1, 0.15) is 84.5 Å². The Hall–Kier alpha value is -1.32. The van der Waals surface area contributed by atoms with E-state index in [1.807, 2.05) is 18.7 Å². The third-order valence-corrected chi connectivity index (χ3v) is 6.41. The number of amides is 2. The first kappa shape index (κ1) is 18.5. The van der Waals surface area contributed by atoms with Gasteiger partial charge in [0.15, 0.2) is 0 Å². The summed E-state index contributed by atoms with van der Waals surface area (Å²) in [4.78, 5) is 28.1. The van der Waals surface area contributed by atoms with Crippen LogP contribution in [0.3, 0.4) is 0 Å². The lowest BCUT2D eigenvalue weighted by Gasteiger charge is -2.51. The maximum atomic E-state index is 13.3. The molecule has 25 heavy (non-hydrogen) atoms. The predicted octanol–water partition coefficient (Wildman–Crippen LogP) is 4.16. The molecule has 140 valence electrons. The van der Waals surface area contributed by atoms with Crippen LogP contribution < -0.4 is 5.32 Å². The molecule has 1 aliphatic heterocycles. The van der Waals surface area contributed by atoms with Crippen molar-refractivity contribution >= 4 is 11.8 Å². The third-order valence-electron chi connectivity index (χ3n) is 6.41. The number of nitrogens with one attached hydrogen (secondary N) is 1. The standard InChI is InChI=1S/C21H34N2O2/c1-16(2)20(25)23-15-9-14-21(12-7-4-8-13-21)18(23)19(24)22-17-10-5-3-6-11-17/h10,16,18H,3-9,11-15H2,1-2H3,(H,22,24)/t18-/m0/s1. The number of carbonyl (C=O) groups excluding carboxylic acids is 2. The van der Waals surface area contributed by atoms with E-state index in [-0.39, 0.29) is 29.2 Å². The molecule has 0 aromatic heterocycles. The molecule has 2 fully saturated rings. The number of nitrogens with zero attached hydrogens (tertiary/aromatic N) is 1. The number of carbonyl (C=O) groups is 2. The van der Waals surface area contributed by atoms with Gasteiger partial charge in [0, 0.05) is 18.2 Å². The summed E-state index contributed by atoms with van der Waals surface area (Å²) in [5.41, 5.74) is 1.07. The second kappa shape index (κ2) is 7.92. The monoisotopic (exact) mass is 346 g/mol. The minimum absolute atomic E-state index is 0.000357. The summed E-state index contributed by atoms with van der Waals surface area (Å²) in [6, 6.07) is -0.278. The molecular weight excluding hydrogens is 312 g/mol. The molecule has 2 aliphatic carbocycles. The van der Waals surface area contributed by atoms with Crippen LogP contribution in [0.15, 0.2) is 11.8 Å². The zero-order chi connectivity index (χ0) is 17.9. The summed E-state index contributed by atoms with van der Waals surface area (Å²) in [7, 11) is 0. The van der Waals surface area contributed by atoms with Crippen molar-refractivity contribution in [2.24, 2.45) is 11.3 Å². The Kier molecular flexibility index (Phi) is 5.85. The minimum Gasteiger partial charge on any atom is -0.330 e. The summed E-state index contributed by atoms with van der Waals surface area (Å²) < 4.78 is 0. The Bertz CT molecular complexity index is 527. The van der Waals surface area contributed by atoms with Crippen molar-refractivity contribution in [1.82, 2.24) is 10.2 Å².